The third-order valence-corrected chi connectivity index (χ3v) is 4.42. The summed E-state index contributed by atoms with van der Waals surface area (Å²) in [6.45, 7) is 4.04. The molecule has 7 heteroatoms. The molecular formula is C12H14Cl2N4S. The molecule has 102 valence electrons. The van der Waals surface area contributed by atoms with Gasteiger partial charge in [-0.1, -0.05) is 23.2 Å². The van der Waals surface area contributed by atoms with E-state index >= 15 is 0 Å². The van der Waals surface area contributed by atoms with Gasteiger partial charge in [0.25, 0.3) is 0 Å². The third-order valence-electron chi connectivity index (χ3n) is 2.82. The maximum absolute atomic E-state index is 6.15. The van der Waals surface area contributed by atoms with Crippen LogP contribution in [0, 0.1) is 13.8 Å². The van der Waals surface area contributed by atoms with Crippen LogP contribution in [-0.2, 0) is 6.42 Å². The Bertz CT molecular complexity index is 566. The first-order valence-corrected chi connectivity index (χ1v) is 7.28. The van der Waals surface area contributed by atoms with Gasteiger partial charge >= 0.3 is 0 Å². The largest absolute Gasteiger partial charge is 0.271 e. The van der Waals surface area contributed by atoms with E-state index in [0.717, 1.165) is 10.7 Å². The van der Waals surface area contributed by atoms with Crippen molar-refractivity contribution in [2.75, 3.05) is 0 Å². The molecule has 3 N–H and O–H groups in total. The lowest BCUT2D eigenvalue weighted by Gasteiger charge is -2.15. The summed E-state index contributed by atoms with van der Waals surface area (Å²) in [6.07, 6.45) is 2.20. The summed E-state index contributed by atoms with van der Waals surface area (Å²) in [4.78, 5) is 9.95. The van der Waals surface area contributed by atoms with Gasteiger partial charge in [0.2, 0.25) is 0 Å². The van der Waals surface area contributed by atoms with Crippen LogP contribution in [0.3, 0.4) is 0 Å². The molecule has 0 aliphatic rings. The Morgan fingerprint density at radius 2 is 2.16 bits per heavy atom. The Balaban J connectivity index is 2.24. The highest BCUT2D eigenvalue weighted by molar-refractivity contribution is 7.11. The number of hydrazine groups is 1. The van der Waals surface area contributed by atoms with Gasteiger partial charge in [-0.3, -0.25) is 16.3 Å². The lowest BCUT2D eigenvalue weighted by molar-refractivity contribution is 0.537. The number of nitrogens with two attached hydrogens (primary N) is 1. The van der Waals surface area contributed by atoms with E-state index in [4.69, 9.17) is 29.0 Å². The molecule has 0 spiro atoms. The van der Waals surface area contributed by atoms with Crippen LogP contribution in [0.4, 0.5) is 0 Å². The highest BCUT2D eigenvalue weighted by Gasteiger charge is 2.18. The first-order valence-electron chi connectivity index (χ1n) is 5.71. The lowest BCUT2D eigenvalue weighted by Crippen LogP contribution is -2.30. The van der Waals surface area contributed by atoms with Crippen molar-refractivity contribution >= 4 is 34.5 Å². The summed E-state index contributed by atoms with van der Waals surface area (Å²) in [7, 11) is 0. The number of halogens is 2. The number of pyridine rings is 1. The number of nitrogens with one attached hydrogen (secondary N) is 1. The molecular weight excluding hydrogens is 303 g/mol. The van der Waals surface area contributed by atoms with E-state index in [1.54, 1.807) is 23.6 Å². The number of thiazole rings is 1. The van der Waals surface area contributed by atoms with Crippen molar-refractivity contribution in [1.82, 2.24) is 15.4 Å². The van der Waals surface area contributed by atoms with Crippen LogP contribution in [0.5, 0.6) is 0 Å². The first-order chi connectivity index (χ1) is 9.01. The smallest absolute Gasteiger partial charge is 0.0950 e. The van der Waals surface area contributed by atoms with Gasteiger partial charge in [-0.05, 0) is 19.9 Å². The van der Waals surface area contributed by atoms with Crippen LogP contribution in [-0.4, -0.2) is 9.97 Å². The summed E-state index contributed by atoms with van der Waals surface area (Å²) in [5, 5.41) is 2.01. The molecule has 0 saturated heterocycles. The fourth-order valence-corrected chi connectivity index (χ4v) is 3.21. The number of aryl methyl sites for hydroxylation is 2. The number of hydrogen-bond donors (Lipinski definition) is 2. The Morgan fingerprint density at radius 1 is 1.42 bits per heavy atom. The number of nitrogens with zero attached hydrogens (tertiary/aromatic N) is 2. The molecule has 2 aromatic heterocycles. The Morgan fingerprint density at radius 3 is 2.68 bits per heavy atom. The average Bonchev–Trinajstić information content (AvgIpc) is 2.66. The van der Waals surface area contributed by atoms with Gasteiger partial charge in [-0.2, -0.15) is 0 Å². The molecule has 2 aromatic rings. The minimum absolute atomic E-state index is 0.185. The number of rotatable bonds is 4. The van der Waals surface area contributed by atoms with E-state index in [9.17, 15) is 0 Å². The van der Waals surface area contributed by atoms with E-state index in [1.165, 1.54) is 4.88 Å². The fourth-order valence-electron chi connectivity index (χ4n) is 1.72. The summed E-state index contributed by atoms with van der Waals surface area (Å²) < 4.78 is 0. The molecule has 19 heavy (non-hydrogen) atoms. The van der Waals surface area contributed by atoms with E-state index in [1.807, 2.05) is 6.92 Å². The minimum atomic E-state index is -0.185. The number of hydrogen-bond acceptors (Lipinski definition) is 5. The summed E-state index contributed by atoms with van der Waals surface area (Å²) >= 11 is 13.6. The molecule has 4 nitrogen and oxygen atoms in total. The second-order valence-corrected chi connectivity index (χ2v) is 6.32. The van der Waals surface area contributed by atoms with Gasteiger partial charge in [0, 0.05) is 17.5 Å². The quantitative estimate of drug-likeness (QED) is 0.671. The van der Waals surface area contributed by atoms with Crippen molar-refractivity contribution in [1.29, 1.82) is 0 Å². The van der Waals surface area contributed by atoms with E-state index in [0.29, 0.717) is 22.2 Å². The molecule has 0 aliphatic heterocycles. The Hall–Kier alpha value is -0.720. The molecule has 1 atom stereocenters. The molecule has 0 bridgehead atoms. The van der Waals surface area contributed by atoms with Crippen molar-refractivity contribution in [2.45, 2.75) is 26.3 Å². The molecule has 0 amide bonds. The second-order valence-electron chi connectivity index (χ2n) is 4.19. The van der Waals surface area contributed by atoms with Gasteiger partial charge in [0.1, 0.15) is 0 Å². The predicted octanol–water partition coefficient (Wildman–Crippen LogP) is 3.21. The lowest BCUT2D eigenvalue weighted by atomic mass is 10.1. The van der Waals surface area contributed by atoms with Crippen LogP contribution < -0.4 is 11.3 Å². The average molecular weight is 317 g/mol. The van der Waals surface area contributed by atoms with Crippen LogP contribution >= 0.6 is 34.5 Å². The second kappa shape index (κ2) is 6.15. The molecule has 0 radical (unpaired) electrons. The molecule has 0 aliphatic carbocycles. The van der Waals surface area contributed by atoms with Crippen molar-refractivity contribution < 1.29 is 0 Å². The summed E-state index contributed by atoms with van der Waals surface area (Å²) in [5.74, 6) is 5.60. The normalized spacial score (nSPS) is 12.7. The maximum atomic E-state index is 6.15. The maximum Gasteiger partial charge on any atom is 0.0950 e. The molecule has 0 saturated carbocycles. The number of aromatic nitrogens is 2. The van der Waals surface area contributed by atoms with Crippen LogP contribution in [0.15, 0.2) is 12.3 Å². The van der Waals surface area contributed by atoms with Crippen LogP contribution in [0.1, 0.15) is 27.3 Å². The highest BCUT2D eigenvalue weighted by Crippen LogP contribution is 2.27. The van der Waals surface area contributed by atoms with E-state index < -0.39 is 0 Å². The van der Waals surface area contributed by atoms with Crippen LogP contribution in [0.2, 0.25) is 10.0 Å². The predicted molar refractivity (Wildman–Crippen MR) is 79.6 cm³/mol. The van der Waals surface area contributed by atoms with Crippen molar-refractivity contribution in [3.05, 3.63) is 43.6 Å². The van der Waals surface area contributed by atoms with Gasteiger partial charge in [-0.25, -0.2) is 4.98 Å². The molecule has 0 aromatic carbocycles. The standard InChI is InChI=1S/C12H14Cl2N4S/c1-6-7(2)19-11(17-6)4-10(18-15)12-9(14)3-8(13)5-16-12/h3,5,10,18H,4,15H2,1-2H3. The Labute approximate surface area is 125 Å². The molecule has 0 fully saturated rings. The zero-order valence-corrected chi connectivity index (χ0v) is 12.9. The molecule has 2 heterocycles. The van der Waals surface area contributed by atoms with Gasteiger partial charge in [0.15, 0.2) is 0 Å². The SMILES string of the molecule is Cc1nc(CC(NN)c2ncc(Cl)cc2Cl)sc1C. The van der Waals surface area contributed by atoms with E-state index in [2.05, 4.69) is 22.3 Å². The first kappa shape index (κ1) is 14.7. The van der Waals surface area contributed by atoms with Crippen molar-refractivity contribution in [2.24, 2.45) is 5.84 Å². The van der Waals surface area contributed by atoms with E-state index in [-0.39, 0.29) is 6.04 Å². The zero-order chi connectivity index (χ0) is 14.0. The monoisotopic (exact) mass is 316 g/mol. The van der Waals surface area contributed by atoms with Crippen molar-refractivity contribution in [3.63, 3.8) is 0 Å². The van der Waals surface area contributed by atoms with Crippen molar-refractivity contribution in [3.8, 4) is 0 Å². The summed E-state index contributed by atoms with van der Waals surface area (Å²) in [5.41, 5.74) is 4.46. The van der Waals surface area contributed by atoms with Crippen LogP contribution in [0.25, 0.3) is 0 Å². The highest BCUT2D eigenvalue weighted by atomic mass is 35.5. The van der Waals surface area contributed by atoms with Gasteiger partial charge in [0.05, 0.1) is 32.5 Å². The topological polar surface area (TPSA) is 63.8 Å². The fraction of sp³-hybridized carbons (Fsp3) is 0.333. The zero-order valence-electron chi connectivity index (χ0n) is 10.6. The summed E-state index contributed by atoms with van der Waals surface area (Å²) in [6, 6.07) is 1.48. The Kier molecular flexibility index (Phi) is 4.76. The molecule has 1 unspecified atom stereocenters. The van der Waals surface area contributed by atoms with Gasteiger partial charge in [-0.15, -0.1) is 11.3 Å². The minimum Gasteiger partial charge on any atom is -0.271 e. The molecule has 2 rings (SSSR count). The third kappa shape index (κ3) is 3.43. The van der Waals surface area contributed by atoms with Gasteiger partial charge < -0.3 is 0 Å².